The molecule has 1 aliphatic heterocycles. The molecule has 0 spiro atoms. The van der Waals surface area contributed by atoms with Crippen molar-refractivity contribution < 1.29 is 19.0 Å². The number of carbonyl (C=O) groups is 1. The van der Waals surface area contributed by atoms with Crippen molar-refractivity contribution in [2.45, 2.75) is 39.3 Å². The second-order valence-corrected chi connectivity index (χ2v) is 8.63. The second-order valence-electron chi connectivity index (χ2n) is 8.63. The van der Waals surface area contributed by atoms with Gasteiger partial charge in [-0.25, -0.2) is 4.98 Å². The van der Waals surface area contributed by atoms with Crippen molar-refractivity contribution in [3.05, 3.63) is 83.7 Å². The largest absolute Gasteiger partial charge is 0.483 e. The average molecular weight is 472 g/mol. The molecule has 7 heteroatoms. The first-order chi connectivity index (χ1) is 17.1. The number of carbonyl (C=O) groups excluding carboxylic acids is 1. The zero-order chi connectivity index (χ0) is 24.2. The third-order valence-electron chi connectivity index (χ3n) is 6.05. The fourth-order valence-corrected chi connectivity index (χ4v) is 4.22. The highest BCUT2D eigenvalue weighted by Crippen LogP contribution is 2.34. The van der Waals surface area contributed by atoms with Gasteiger partial charge in [0, 0.05) is 18.7 Å². The van der Waals surface area contributed by atoms with Gasteiger partial charge in [-0.1, -0.05) is 37.6 Å². The summed E-state index contributed by atoms with van der Waals surface area (Å²) in [5, 5.41) is 2.98. The molecular weight excluding hydrogens is 442 g/mol. The first kappa shape index (κ1) is 22.8. The van der Waals surface area contributed by atoms with Crippen molar-refractivity contribution in [1.82, 2.24) is 14.9 Å². The minimum absolute atomic E-state index is 0.0826. The number of benzene rings is 3. The average Bonchev–Trinajstić information content (AvgIpc) is 3.49. The molecule has 1 aliphatic rings. The van der Waals surface area contributed by atoms with Crippen LogP contribution in [0.1, 0.15) is 54.5 Å². The molecule has 4 aromatic rings. The number of imidazole rings is 1. The van der Waals surface area contributed by atoms with E-state index < -0.39 is 0 Å². The Hall–Kier alpha value is -4.00. The summed E-state index contributed by atoms with van der Waals surface area (Å²) in [4.78, 5) is 17.6. The number of hydrogen-bond acceptors (Lipinski definition) is 5. The molecular formula is C28H29N3O4. The van der Waals surface area contributed by atoms with Crippen molar-refractivity contribution in [2.24, 2.45) is 0 Å². The number of nitrogens with one attached hydrogen (secondary N) is 1. The molecule has 0 radical (unpaired) electrons. The van der Waals surface area contributed by atoms with Crippen LogP contribution in [0, 0.1) is 0 Å². The topological polar surface area (TPSA) is 74.6 Å². The summed E-state index contributed by atoms with van der Waals surface area (Å²) in [5.74, 6) is 2.97. The van der Waals surface area contributed by atoms with E-state index in [1.165, 1.54) is 0 Å². The highest BCUT2D eigenvalue weighted by atomic mass is 16.7. The molecule has 1 aromatic heterocycles. The Labute approximate surface area is 204 Å². The third-order valence-corrected chi connectivity index (χ3v) is 6.05. The molecule has 0 aliphatic carbocycles. The molecule has 1 unspecified atom stereocenters. The monoisotopic (exact) mass is 471 g/mol. The van der Waals surface area contributed by atoms with Gasteiger partial charge in [0.05, 0.1) is 11.0 Å². The van der Waals surface area contributed by atoms with E-state index in [0.29, 0.717) is 18.7 Å². The number of unbranched alkanes of at least 4 members (excludes halogenated alkanes) is 1. The summed E-state index contributed by atoms with van der Waals surface area (Å²) in [6, 6.07) is 21.3. The lowest BCUT2D eigenvalue weighted by Gasteiger charge is -2.17. The first-order valence-electron chi connectivity index (χ1n) is 12.0. The van der Waals surface area contributed by atoms with Crippen LogP contribution < -0.4 is 19.5 Å². The standard InChI is InChI=1S/C28H29N3O4/c1-3-4-14-29-28(32)21-11-12-24-23(16-21)30-27(19(2)35-22-8-6-5-7-9-22)31(24)17-20-10-13-25-26(15-20)34-18-33-25/h5-13,15-16,19H,3-4,14,17-18H2,1-2H3,(H,29,32). The fourth-order valence-electron chi connectivity index (χ4n) is 4.22. The molecule has 1 N–H and O–H groups in total. The van der Waals surface area contributed by atoms with Crippen LogP contribution in [-0.4, -0.2) is 28.8 Å². The number of para-hydroxylation sites is 1. The summed E-state index contributed by atoms with van der Waals surface area (Å²) < 4.78 is 19.4. The Bertz CT molecular complexity index is 1330. The van der Waals surface area contributed by atoms with E-state index in [1.807, 2.05) is 73.7 Å². The molecule has 35 heavy (non-hydrogen) atoms. The van der Waals surface area contributed by atoms with Gasteiger partial charge in [-0.05, 0) is 61.4 Å². The first-order valence-corrected chi connectivity index (χ1v) is 12.0. The summed E-state index contributed by atoms with van der Waals surface area (Å²) in [6.45, 7) is 5.57. The van der Waals surface area contributed by atoms with Crippen molar-refractivity contribution in [2.75, 3.05) is 13.3 Å². The van der Waals surface area contributed by atoms with Crippen LogP contribution in [0.3, 0.4) is 0 Å². The van der Waals surface area contributed by atoms with Gasteiger partial charge in [-0.15, -0.1) is 0 Å². The van der Waals surface area contributed by atoms with E-state index in [0.717, 1.165) is 52.5 Å². The van der Waals surface area contributed by atoms with Crippen LogP contribution in [0.15, 0.2) is 66.7 Å². The van der Waals surface area contributed by atoms with E-state index >= 15 is 0 Å². The maximum absolute atomic E-state index is 12.6. The number of nitrogens with zero attached hydrogens (tertiary/aromatic N) is 2. The van der Waals surface area contributed by atoms with Gasteiger partial charge in [0.15, 0.2) is 23.4 Å². The van der Waals surface area contributed by atoms with Gasteiger partial charge in [-0.3, -0.25) is 4.79 Å². The molecule has 180 valence electrons. The summed E-state index contributed by atoms with van der Waals surface area (Å²) in [5.41, 5.74) is 3.35. The van der Waals surface area contributed by atoms with Crippen LogP contribution in [0.4, 0.5) is 0 Å². The number of aromatic nitrogens is 2. The molecule has 0 bridgehead atoms. The zero-order valence-corrected chi connectivity index (χ0v) is 20.0. The van der Waals surface area contributed by atoms with Gasteiger partial charge in [0.2, 0.25) is 6.79 Å². The van der Waals surface area contributed by atoms with E-state index in [2.05, 4.69) is 16.8 Å². The summed E-state index contributed by atoms with van der Waals surface area (Å²) in [6.07, 6.45) is 1.68. The van der Waals surface area contributed by atoms with Gasteiger partial charge in [-0.2, -0.15) is 0 Å². The summed E-state index contributed by atoms with van der Waals surface area (Å²) in [7, 11) is 0. The fraction of sp³-hybridized carbons (Fsp3) is 0.286. The third kappa shape index (κ3) is 4.94. The predicted octanol–water partition coefficient (Wildman–Crippen LogP) is 5.48. The second kappa shape index (κ2) is 10.1. The molecule has 1 atom stereocenters. The number of rotatable bonds is 9. The molecule has 0 saturated heterocycles. The van der Waals surface area contributed by atoms with Crippen LogP contribution in [0.25, 0.3) is 11.0 Å². The minimum Gasteiger partial charge on any atom is -0.483 e. The lowest BCUT2D eigenvalue weighted by molar-refractivity contribution is 0.0953. The molecule has 0 fully saturated rings. The Balaban J connectivity index is 1.50. The van der Waals surface area contributed by atoms with Crippen LogP contribution >= 0.6 is 0 Å². The van der Waals surface area contributed by atoms with Gasteiger partial charge < -0.3 is 24.1 Å². The Kier molecular flexibility index (Phi) is 6.57. The lowest BCUT2D eigenvalue weighted by atomic mass is 10.1. The van der Waals surface area contributed by atoms with E-state index in [-0.39, 0.29) is 18.8 Å². The van der Waals surface area contributed by atoms with Crippen LogP contribution in [-0.2, 0) is 6.54 Å². The van der Waals surface area contributed by atoms with E-state index in [4.69, 9.17) is 19.2 Å². The highest BCUT2D eigenvalue weighted by molar-refractivity contribution is 5.97. The van der Waals surface area contributed by atoms with Crippen molar-refractivity contribution >= 4 is 16.9 Å². The van der Waals surface area contributed by atoms with Crippen molar-refractivity contribution in [1.29, 1.82) is 0 Å². The van der Waals surface area contributed by atoms with E-state index in [9.17, 15) is 4.79 Å². The van der Waals surface area contributed by atoms with E-state index in [1.54, 1.807) is 0 Å². The molecule has 3 aromatic carbocycles. The Morgan fingerprint density at radius 2 is 1.91 bits per heavy atom. The SMILES string of the molecule is CCCCNC(=O)c1ccc2c(c1)nc(C(C)Oc1ccccc1)n2Cc1ccc2c(c1)OCO2. The van der Waals surface area contributed by atoms with Gasteiger partial charge in [0.25, 0.3) is 5.91 Å². The molecule has 0 saturated carbocycles. The number of hydrogen-bond donors (Lipinski definition) is 1. The Morgan fingerprint density at radius 3 is 2.74 bits per heavy atom. The van der Waals surface area contributed by atoms with Gasteiger partial charge >= 0.3 is 0 Å². The minimum atomic E-state index is -0.305. The predicted molar refractivity (Wildman–Crippen MR) is 134 cm³/mol. The number of fused-ring (bicyclic) bond motifs is 2. The summed E-state index contributed by atoms with van der Waals surface area (Å²) >= 11 is 0. The molecule has 1 amide bonds. The zero-order valence-electron chi connectivity index (χ0n) is 20.0. The maximum atomic E-state index is 12.6. The van der Waals surface area contributed by atoms with Crippen molar-refractivity contribution in [3.63, 3.8) is 0 Å². The molecule has 5 rings (SSSR count). The Morgan fingerprint density at radius 1 is 1.09 bits per heavy atom. The van der Waals surface area contributed by atoms with Crippen LogP contribution in [0.5, 0.6) is 17.2 Å². The smallest absolute Gasteiger partial charge is 0.251 e. The molecule has 2 heterocycles. The molecule has 7 nitrogen and oxygen atoms in total. The highest BCUT2D eigenvalue weighted by Gasteiger charge is 2.21. The van der Waals surface area contributed by atoms with Crippen LogP contribution in [0.2, 0.25) is 0 Å². The number of ether oxygens (including phenoxy) is 3. The maximum Gasteiger partial charge on any atom is 0.251 e. The van der Waals surface area contributed by atoms with Gasteiger partial charge in [0.1, 0.15) is 5.75 Å². The lowest BCUT2D eigenvalue weighted by Crippen LogP contribution is -2.24. The quantitative estimate of drug-likeness (QED) is 0.327. The van der Waals surface area contributed by atoms with Crippen molar-refractivity contribution in [3.8, 4) is 17.2 Å². The normalized spacial score (nSPS) is 13.1. The number of amides is 1.